The Hall–Kier alpha value is -2.79. The summed E-state index contributed by atoms with van der Waals surface area (Å²) >= 11 is 0. The summed E-state index contributed by atoms with van der Waals surface area (Å²) in [6.07, 6.45) is 1.82. The number of carbonyl (C=O) groups is 1. The summed E-state index contributed by atoms with van der Waals surface area (Å²) in [5, 5.41) is 9.37. The van der Waals surface area contributed by atoms with Crippen molar-refractivity contribution in [1.29, 1.82) is 0 Å². The highest BCUT2D eigenvalue weighted by molar-refractivity contribution is 5.97. The molecule has 0 unspecified atom stereocenters. The van der Waals surface area contributed by atoms with Crippen LogP contribution in [0, 0.1) is 6.92 Å². The fourth-order valence-electron chi connectivity index (χ4n) is 2.50. The first-order valence-corrected chi connectivity index (χ1v) is 8.22. The maximum Gasteiger partial charge on any atom is 0.155 e. The molecule has 0 aliphatic carbocycles. The van der Waals surface area contributed by atoms with Gasteiger partial charge in [0.15, 0.2) is 5.78 Å². The second-order valence-electron chi connectivity index (χ2n) is 6.02. The average Bonchev–Trinajstić information content (AvgIpc) is 2.62. The number of hydrogen-bond donors (Lipinski definition) is 1. The van der Waals surface area contributed by atoms with Gasteiger partial charge in [0.05, 0.1) is 20.8 Å². The van der Waals surface area contributed by atoms with E-state index in [0.717, 1.165) is 11.1 Å². The molecule has 2 rings (SSSR count). The summed E-state index contributed by atoms with van der Waals surface area (Å²) < 4.78 is 16.6. The maximum absolute atomic E-state index is 11.5. The molecule has 0 radical (unpaired) electrons. The molecule has 0 aliphatic rings. The molecule has 26 heavy (non-hydrogen) atoms. The van der Waals surface area contributed by atoms with Crippen LogP contribution < -0.4 is 14.2 Å². The highest BCUT2D eigenvalue weighted by Crippen LogP contribution is 2.34. The van der Waals surface area contributed by atoms with Gasteiger partial charge in [0, 0.05) is 17.7 Å². The zero-order chi connectivity index (χ0) is 19.3. The van der Waals surface area contributed by atoms with E-state index in [1.165, 1.54) is 6.92 Å². The van der Waals surface area contributed by atoms with Gasteiger partial charge >= 0.3 is 0 Å². The number of Topliss-reactive ketones (excluding diaryl/α,β-unsaturated/α-hetero) is 1. The lowest BCUT2D eigenvalue weighted by atomic mass is 10.0. The van der Waals surface area contributed by atoms with Crippen molar-refractivity contribution in [2.45, 2.75) is 27.4 Å². The van der Waals surface area contributed by atoms with E-state index >= 15 is 0 Å². The number of aliphatic hydroxyl groups excluding tert-OH is 1. The van der Waals surface area contributed by atoms with E-state index in [4.69, 9.17) is 14.2 Å². The number of benzene rings is 2. The molecule has 1 N–H and O–H groups in total. The molecule has 5 heteroatoms. The van der Waals surface area contributed by atoms with Gasteiger partial charge in [-0.2, -0.15) is 0 Å². The predicted molar refractivity (Wildman–Crippen MR) is 101 cm³/mol. The highest BCUT2D eigenvalue weighted by atomic mass is 16.5. The summed E-state index contributed by atoms with van der Waals surface area (Å²) in [6, 6.07) is 8.88. The lowest BCUT2D eigenvalue weighted by Gasteiger charge is -2.14. The summed E-state index contributed by atoms with van der Waals surface area (Å²) in [4.78, 5) is 11.5. The minimum Gasteiger partial charge on any atom is -0.497 e. The van der Waals surface area contributed by atoms with E-state index in [2.05, 4.69) is 0 Å². The van der Waals surface area contributed by atoms with E-state index in [0.29, 0.717) is 34.1 Å². The van der Waals surface area contributed by atoms with Gasteiger partial charge in [-0.25, -0.2) is 0 Å². The van der Waals surface area contributed by atoms with Crippen LogP contribution in [0.1, 0.15) is 30.5 Å². The van der Waals surface area contributed by atoms with Crippen molar-refractivity contribution in [3.8, 4) is 23.0 Å². The van der Waals surface area contributed by atoms with Crippen molar-refractivity contribution < 1.29 is 24.1 Å². The van der Waals surface area contributed by atoms with E-state index in [1.54, 1.807) is 45.4 Å². The van der Waals surface area contributed by atoms with Crippen molar-refractivity contribution in [2.75, 3.05) is 14.2 Å². The standard InChI is InChI=1S/C21H24O5/c1-13(15(3)23)7-20-14(2)6-18(11-21(20)25-5)26-19-9-16(12-22)8-17(10-19)24-4/h6-11,22H,12H2,1-5H3. The summed E-state index contributed by atoms with van der Waals surface area (Å²) in [7, 11) is 3.14. The van der Waals surface area contributed by atoms with Crippen LogP contribution in [0.15, 0.2) is 35.9 Å². The molecule has 0 atom stereocenters. The molecule has 5 nitrogen and oxygen atoms in total. The Morgan fingerprint density at radius 3 is 2.23 bits per heavy atom. The van der Waals surface area contributed by atoms with Gasteiger partial charge in [-0.05, 0) is 61.7 Å². The normalized spacial score (nSPS) is 11.2. The zero-order valence-corrected chi connectivity index (χ0v) is 15.8. The van der Waals surface area contributed by atoms with Gasteiger partial charge < -0.3 is 19.3 Å². The smallest absolute Gasteiger partial charge is 0.155 e. The average molecular weight is 356 g/mol. The van der Waals surface area contributed by atoms with E-state index in [1.807, 2.05) is 19.1 Å². The number of ketones is 1. The number of allylic oxidation sites excluding steroid dienone is 1. The molecule has 0 heterocycles. The molecular formula is C21H24O5. The van der Waals surface area contributed by atoms with Crippen molar-refractivity contribution in [3.63, 3.8) is 0 Å². The molecule has 2 aromatic rings. The van der Waals surface area contributed by atoms with Crippen LogP contribution >= 0.6 is 0 Å². The molecule has 0 amide bonds. The molecule has 0 saturated carbocycles. The van der Waals surface area contributed by atoms with Crippen molar-refractivity contribution in [3.05, 3.63) is 52.6 Å². The van der Waals surface area contributed by atoms with Crippen LogP contribution in [-0.2, 0) is 11.4 Å². The van der Waals surface area contributed by atoms with Crippen LogP contribution in [0.3, 0.4) is 0 Å². The number of aliphatic hydroxyl groups is 1. The fourth-order valence-corrected chi connectivity index (χ4v) is 2.50. The van der Waals surface area contributed by atoms with Gasteiger partial charge in [-0.15, -0.1) is 0 Å². The number of hydrogen-bond acceptors (Lipinski definition) is 5. The van der Waals surface area contributed by atoms with E-state index in [9.17, 15) is 9.90 Å². The molecule has 0 spiro atoms. The lowest BCUT2D eigenvalue weighted by Crippen LogP contribution is -1.97. The Bertz CT molecular complexity index is 814. The minimum absolute atomic E-state index is 0.0136. The summed E-state index contributed by atoms with van der Waals surface area (Å²) in [5.74, 6) is 2.38. The molecule has 0 aliphatic heterocycles. The first-order chi connectivity index (χ1) is 12.4. The van der Waals surface area contributed by atoms with Crippen LogP contribution in [0.2, 0.25) is 0 Å². The third kappa shape index (κ3) is 4.64. The molecule has 0 saturated heterocycles. The molecular weight excluding hydrogens is 332 g/mol. The molecule has 2 aromatic carbocycles. The van der Waals surface area contributed by atoms with Crippen molar-refractivity contribution in [2.24, 2.45) is 0 Å². The Balaban J connectivity index is 2.42. The largest absolute Gasteiger partial charge is 0.497 e. The SMILES string of the molecule is COc1cc(CO)cc(Oc2cc(C)c(C=C(C)C(C)=O)c(OC)c2)c1. The number of aryl methyl sites for hydroxylation is 1. The predicted octanol–water partition coefficient (Wildman–Crippen LogP) is 4.29. The van der Waals surface area contributed by atoms with Gasteiger partial charge in [-0.3, -0.25) is 4.79 Å². The van der Waals surface area contributed by atoms with Crippen LogP contribution in [0.5, 0.6) is 23.0 Å². The first kappa shape index (κ1) is 19.5. The second kappa shape index (κ2) is 8.54. The summed E-state index contributed by atoms with van der Waals surface area (Å²) in [5.41, 5.74) is 3.11. The van der Waals surface area contributed by atoms with Crippen molar-refractivity contribution in [1.82, 2.24) is 0 Å². The molecule has 0 aromatic heterocycles. The maximum atomic E-state index is 11.5. The number of methoxy groups -OCH3 is 2. The Morgan fingerprint density at radius 1 is 1.00 bits per heavy atom. The quantitative estimate of drug-likeness (QED) is 0.750. The highest BCUT2D eigenvalue weighted by Gasteiger charge is 2.11. The van der Waals surface area contributed by atoms with Gasteiger partial charge in [-0.1, -0.05) is 0 Å². The van der Waals surface area contributed by atoms with Gasteiger partial charge in [0.25, 0.3) is 0 Å². The number of rotatable bonds is 7. The summed E-state index contributed by atoms with van der Waals surface area (Å²) in [6.45, 7) is 5.13. The second-order valence-corrected chi connectivity index (χ2v) is 6.02. The van der Waals surface area contributed by atoms with E-state index < -0.39 is 0 Å². The Kier molecular flexibility index (Phi) is 6.41. The first-order valence-electron chi connectivity index (χ1n) is 8.22. The lowest BCUT2D eigenvalue weighted by molar-refractivity contribution is -0.113. The van der Waals surface area contributed by atoms with Crippen LogP contribution in [0.25, 0.3) is 6.08 Å². The molecule has 0 fully saturated rings. The van der Waals surface area contributed by atoms with Crippen molar-refractivity contribution >= 4 is 11.9 Å². The Morgan fingerprint density at radius 2 is 1.65 bits per heavy atom. The fraction of sp³-hybridized carbons (Fsp3) is 0.286. The zero-order valence-electron chi connectivity index (χ0n) is 15.8. The topological polar surface area (TPSA) is 65.0 Å². The van der Waals surface area contributed by atoms with Crippen LogP contribution in [-0.4, -0.2) is 25.1 Å². The van der Waals surface area contributed by atoms with Gasteiger partial charge in [0.2, 0.25) is 0 Å². The monoisotopic (exact) mass is 356 g/mol. The van der Waals surface area contributed by atoms with Crippen LogP contribution in [0.4, 0.5) is 0 Å². The number of ether oxygens (including phenoxy) is 3. The third-order valence-electron chi connectivity index (χ3n) is 4.05. The molecule has 138 valence electrons. The van der Waals surface area contributed by atoms with Gasteiger partial charge in [0.1, 0.15) is 23.0 Å². The Labute approximate surface area is 153 Å². The number of carbonyl (C=O) groups excluding carboxylic acids is 1. The molecule has 0 bridgehead atoms. The third-order valence-corrected chi connectivity index (χ3v) is 4.05. The van der Waals surface area contributed by atoms with E-state index in [-0.39, 0.29) is 12.4 Å². The minimum atomic E-state index is -0.107.